The topological polar surface area (TPSA) is 110 Å². The van der Waals surface area contributed by atoms with Gasteiger partial charge in [-0.05, 0) is 39.3 Å². The molecule has 3 heterocycles. The van der Waals surface area contributed by atoms with Crippen molar-refractivity contribution in [1.82, 2.24) is 15.1 Å². The summed E-state index contributed by atoms with van der Waals surface area (Å²) in [5, 5.41) is 10.1. The van der Waals surface area contributed by atoms with Gasteiger partial charge in [-0.2, -0.15) is 5.10 Å². The van der Waals surface area contributed by atoms with Gasteiger partial charge in [0.1, 0.15) is 22.6 Å². The Morgan fingerprint density at radius 3 is 2.84 bits per heavy atom. The Morgan fingerprint density at radius 2 is 2.10 bits per heavy atom. The molecule has 0 aliphatic carbocycles. The molecule has 1 aliphatic rings. The van der Waals surface area contributed by atoms with Gasteiger partial charge in [-0.25, -0.2) is 5.10 Å². The number of likely N-dealkylation sites (tertiary alicyclic amines) is 1. The molecule has 1 saturated heterocycles. The van der Waals surface area contributed by atoms with Gasteiger partial charge < -0.3 is 13.9 Å². The van der Waals surface area contributed by atoms with Crippen LogP contribution in [0.25, 0.3) is 10.8 Å². The molecule has 1 atom stereocenters. The van der Waals surface area contributed by atoms with E-state index >= 15 is 0 Å². The first-order chi connectivity index (χ1) is 14.9. The lowest BCUT2D eigenvalue weighted by molar-refractivity contribution is -0.117. The highest BCUT2D eigenvalue weighted by Gasteiger charge is 2.30. The molecule has 0 bridgehead atoms. The fraction of sp³-hybridized carbons (Fsp3) is 0.409. The number of furan rings is 1. The van der Waals surface area contributed by atoms with E-state index in [1.807, 2.05) is 18.2 Å². The summed E-state index contributed by atoms with van der Waals surface area (Å²) < 4.78 is 16.5. The predicted molar refractivity (Wildman–Crippen MR) is 116 cm³/mol. The number of anilines is 1. The summed E-state index contributed by atoms with van der Waals surface area (Å²) >= 11 is 0. The van der Waals surface area contributed by atoms with Crippen LogP contribution in [0.4, 0.5) is 5.88 Å². The van der Waals surface area contributed by atoms with E-state index in [-0.39, 0.29) is 24.4 Å². The Balaban J connectivity index is 1.55. The standard InChI is InChI=1S/C22H26N4O5/c1-12-19-13(2)31-22(20(19)21(28)25-24-12)23-18(27)11-26-9-5-6-16(26)15-8-7-14(29-3)10-17(15)30-4/h7-8,10,16H,5-6,9,11H2,1-4H3,(H,23,27)(H,25,28). The van der Waals surface area contributed by atoms with Crippen molar-refractivity contribution in [2.75, 3.05) is 32.6 Å². The fourth-order valence-electron chi connectivity index (χ4n) is 4.34. The molecule has 3 aromatic rings. The van der Waals surface area contributed by atoms with Crippen molar-refractivity contribution in [2.45, 2.75) is 32.7 Å². The summed E-state index contributed by atoms with van der Waals surface area (Å²) in [7, 11) is 3.24. The number of aryl methyl sites for hydroxylation is 2. The number of nitrogens with zero attached hydrogens (tertiary/aromatic N) is 2. The number of amides is 1. The number of ether oxygens (including phenoxy) is 2. The minimum absolute atomic E-state index is 0.0523. The van der Waals surface area contributed by atoms with E-state index in [0.717, 1.165) is 36.4 Å². The summed E-state index contributed by atoms with van der Waals surface area (Å²) in [6, 6.07) is 5.79. The van der Waals surface area contributed by atoms with Crippen molar-refractivity contribution in [1.29, 1.82) is 0 Å². The fourth-order valence-corrected chi connectivity index (χ4v) is 4.34. The zero-order valence-corrected chi connectivity index (χ0v) is 18.1. The van der Waals surface area contributed by atoms with E-state index in [9.17, 15) is 9.59 Å². The van der Waals surface area contributed by atoms with Crippen LogP contribution >= 0.6 is 0 Å². The maximum absolute atomic E-state index is 12.9. The molecular formula is C22H26N4O5. The second kappa shape index (κ2) is 8.43. The van der Waals surface area contributed by atoms with Gasteiger partial charge in [0.15, 0.2) is 0 Å². The van der Waals surface area contributed by atoms with E-state index in [0.29, 0.717) is 22.2 Å². The minimum atomic E-state index is -0.394. The average molecular weight is 426 g/mol. The lowest BCUT2D eigenvalue weighted by Gasteiger charge is -2.25. The molecule has 1 aliphatic heterocycles. The van der Waals surface area contributed by atoms with Crippen molar-refractivity contribution >= 4 is 22.6 Å². The third kappa shape index (κ3) is 3.88. The third-order valence-electron chi connectivity index (χ3n) is 5.76. The van der Waals surface area contributed by atoms with Gasteiger partial charge in [0.25, 0.3) is 5.56 Å². The van der Waals surface area contributed by atoms with Gasteiger partial charge >= 0.3 is 0 Å². The highest BCUT2D eigenvalue weighted by atomic mass is 16.5. The number of aromatic nitrogens is 2. The zero-order chi connectivity index (χ0) is 22.1. The van der Waals surface area contributed by atoms with E-state index < -0.39 is 5.56 Å². The second-order valence-electron chi connectivity index (χ2n) is 7.66. The molecule has 1 fully saturated rings. The van der Waals surface area contributed by atoms with Gasteiger partial charge in [-0.1, -0.05) is 6.07 Å². The van der Waals surface area contributed by atoms with Crippen LogP contribution < -0.4 is 20.3 Å². The molecular weight excluding hydrogens is 400 g/mol. The molecule has 4 rings (SSSR count). The Labute approximate surface area is 179 Å². The molecule has 1 aromatic carbocycles. The van der Waals surface area contributed by atoms with Crippen molar-refractivity contribution in [3.05, 3.63) is 45.6 Å². The summed E-state index contributed by atoms with van der Waals surface area (Å²) in [5.74, 6) is 1.91. The molecule has 9 nitrogen and oxygen atoms in total. The third-order valence-corrected chi connectivity index (χ3v) is 5.76. The molecule has 1 amide bonds. The molecule has 31 heavy (non-hydrogen) atoms. The smallest absolute Gasteiger partial charge is 0.277 e. The van der Waals surface area contributed by atoms with Crippen LogP contribution in [-0.2, 0) is 4.79 Å². The number of benzene rings is 1. The first-order valence-electron chi connectivity index (χ1n) is 10.2. The van der Waals surface area contributed by atoms with Crippen molar-refractivity contribution < 1.29 is 18.7 Å². The second-order valence-corrected chi connectivity index (χ2v) is 7.66. The number of hydrogen-bond acceptors (Lipinski definition) is 7. The normalized spacial score (nSPS) is 16.6. The van der Waals surface area contributed by atoms with Crippen LogP contribution in [0.5, 0.6) is 11.5 Å². The largest absolute Gasteiger partial charge is 0.497 e. The number of rotatable bonds is 6. The lowest BCUT2D eigenvalue weighted by Crippen LogP contribution is -2.33. The van der Waals surface area contributed by atoms with Crippen molar-refractivity contribution in [3.8, 4) is 11.5 Å². The number of nitrogens with one attached hydrogen (secondary N) is 2. The minimum Gasteiger partial charge on any atom is -0.497 e. The Morgan fingerprint density at radius 1 is 1.29 bits per heavy atom. The van der Waals surface area contributed by atoms with Crippen LogP contribution in [0.3, 0.4) is 0 Å². The van der Waals surface area contributed by atoms with E-state index in [4.69, 9.17) is 13.9 Å². The molecule has 0 spiro atoms. The Hall–Kier alpha value is -3.33. The first kappa shape index (κ1) is 20.9. The molecule has 2 N–H and O–H groups in total. The van der Waals surface area contributed by atoms with Crippen LogP contribution in [0, 0.1) is 13.8 Å². The molecule has 1 unspecified atom stereocenters. The first-order valence-corrected chi connectivity index (χ1v) is 10.2. The van der Waals surface area contributed by atoms with Crippen LogP contribution in [-0.4, -0.2) is 48.3 Å². The molecule has 0 radical (unpaired) electrons. The summed E-state index contributed by atoms with van der Waals surface area (Å²) in [6.45, 7) is 4.49. The Kier molecular flexibility index (Phi) is 5.69. The van der Waals surface area contributed by atoms with Gasteiger partial charge in [-0.3, -0.25) is 19.8 Å². The number of methoxy groups -OCH3 is 2. The van der Waals surface area contributed by atoms with Gasteiger partial charge in [0, 0.05) is 17.7 Å². The molecule has 0 saturated carbocycles. The zero-order valence-electron chi connectivity index (χ0n) is 18.1. The predicted octanol–water partition coefficient (Wildman–Crippen LogP) is 2.93. The molecule has 2 aromatic heterocycles. The molecule has 9 heteroatoms. The summed E-state index contributed by atoms with van der Waals surface area (Å²) in [4.78, 5) is 27.3. The quantitative estimate of drug-likeness (QED) is 0.624. The summed E-state index contributed by atoms with van der Waals surface area (Å²) in [5.41, 5.74) is 1.27. The van der Waals surface area contributed by atoms with Crippen LogP contribution in [0.15, 0.2) is 27.4 Å². The van der Waals surface area contributed by atoms with Gasteiger partial charge in [-0.15, -0.1) is 0 Å². The molecule has 164 valence electrons. The maximum Gasteiger partial charge on any atom is 0.277 e. The SMILES string of the molecule is COc1ccc(C2CCCN2CC(=O)Nc2oc(C)c3c(C)n[nH]c(=O)c23)c(OC)c1. The van der Waals surface area contributed by atoms with Crippen molar-refractivity contribution in [2.24, 2.45) is 0 Å². The maximum atomic E-state index is 12.9. The van der Waals surface area contributed by atoms with Crippen LogP contribution in [0.2, 0.25) is 0 Å². The number of hydrogen-bond donors (Lipinski definition) is 2. The highest BCUT2D eigenvalue weighted by molar-refractivity contribution is 6.01. The monoisotopic (exact) mass is 426 g/mol. The highest BCUT2D eigenvalue weighted by Crippen LogP contribution is 2.38. The number of fused-ring (bicyclic) bond motifs is 1. The summed E-state index contributed by atoms with van der Waals surface area (Å²) in [6.07, 6.45) is 1.89. The Bertz CT molecular complexity index is 1180. The number of carbonyl (C=O) groups is 1. The van der Waals surface area contributed by atoms with E-state index in [2.05, 4.69) is 20.4 Å². The van der Waals surface area contributed by atoms with Gasteiger partial charge in [0.2, 0.25) is 11.8 Å². The van der Waals surface area contributed by atoms with Crippen molar-refractivity contribution in [3.63, 3.8) is 0 Å². The van der Waals surface area contributed by atoms with Crippen LogP contribution in [0.1, 0.15) is 35.9 Å². The van der Waals surface area contributed by atoms with E-state index in [1.165, 1.54) is 0 Å². The van der Waals surface area contributed by atoms with Gasteiger partial charge in [0.05, 0.1) is 31.8 Å². The lowest BCUT2D eigenvalue weighted by atomic mass is 10.0. The number of H-pyrrole nitrogens is 1. The number of aromatic amines is 1. The van der Waals surface area contributed by atoms with E-state index in [1.54, 1.807) is 28.1 Å². The number of carbonyl (C=O) groups excluding carboxylic acids is 1. The average Bonchev–Trinajstić information content (AvgIpc) is 3.34.